The van der Waals surface area contributed by atoms with Crippen LogP contribution in [0.3, 0.4) is 0 Å². The molecule has 0 aromatic carbocycles. The monoisotopic (exact) mass is 245 g/mol. The first-order chi connectivity index (χ1) is 7.91. The third kappa shape index (κ3) is 14.3. The quantitative estimate of drug-likeness (QED) is 0.481. The van der Waals surface area contributed by atoms with E-state index < -0.39 is 0 Å². The van der Waals surface area contributed by atoms with E-state index in [9.17, 15) is 0 Å². The maximum atomic E-state index is 3.55. The SMILES string of the molecule is CCCCCCCNCCCCCCSC. The molecule has 0 spiro atoms. The minimum Gasteiger partial charge on any atom is -0.317 e. The fraction of sp³-hybridized carbons (Fsp3) is 1.00. The van der Waals surface area contributed by atoms with Crippen molar-refractivity contribution in [2.75, 3.05) is 25.1 Å². The summed E-state index contributed by atoms with van der Waals surface area (Å²) in [6.07, 6.45) is 14.7. The van der Waals surface area contributed by atoms with E-state index in [0.29, 0.717) is 0 Å². The standard InChI is InChI=1S/C14H31NS/c1-3-4-5-6-9-12-15-13-10-7-8-11-14-16-2/h15H,3-14H2,1-2H3. The highest BCUT2D eigenvalue weighted by Gasteiger charge is 1.91. The molecule has 0 heterocycles. The number of hydrogen-bond donors (Lipinski definition) is 1. The van der Waals surface area contributed by atoms with Crippen molar-refractivity contribution >= 4 is 11.8 Å². The lowest BCUT2D eigenvalue weighted by Crippen LogP contribution is -2.16. The van der Waals surface area contributed by atoms with Crippen LogP contribution in [0.2, 0.25) is 0 Å². The summed E-state index contributed by atoms with van der Waals surface area (Å²) in [5.41, 5.74) is 0. The van der Waals surface area contributed by atoms with Gasteiger partial charge in [0.05, 0.1) is 0 Å². The minimum atomic E-state index is 1.23. The van der Waals surface area contributed by atoms with E-state index in [2.05, 4.69) is 18.5 Å². The lowest BCUT2D eigenvalue weighted by molar-refractivity contribution is 0.558. The summed E-state index contributed by atoms with van der Waals surface area (Å²) in [5.74, 6) is 1.34. The van der Waals surface area contributed by atoms with Crippen molar-refractivity contribution in [2.45, 2.75) is 64.7 Å². The Bertz CT molecular complexity index is 103. The Balaban J connectivity index is 2.83. The largest absolute Gasteiger partial charge is 0.317 e. The van der Waals surface area contributed by atoms with E-state index in [1.54, 1.807) is 0 Å². The zero-order chi connectivity index (χ0) is 11.9. The number of hydrogen-bond acceptors (Lipinski definition) is 2. The molecule has 0 unspecified atom stereocenters. The van der Waals surface area contributed by atoms with E-state index >= 15 is 0 Å². The maximum absolute atomic E-state index is 3.55. The van der Waals surface area contributed by atoms with Gasteiger partial charge in [-0.2, -0.15) is 11.8 Å². The van der Waals surface area contributed by atoms with Crippen LogP contribution in [0.1, 0.15) is 64.7 Å². The Morgan fingerprint density at radius 2 is 1.31 bits per heavy atom. The molecule has 0 aliphatic rings. The summed E-state index contributed by atoms with van der Waals surface area (Å²) in [6.45, 7) is 4.73. The first-order valence-electron chi connectivity index (χ1n) is 7.11. The number of rotatable bonds is 13. The van der Waals surface area contributed by atoms with Gasteiger partial charge in [0.1, 0.15) is 0 Å². The van der Waals surface area contributed by atoms with Gasteiger partial charge in [0, 0.05) is 0 Å². The summed E-state index contributed by atoms with van der Waals surface area (Å²) >= 11 is 1.97. The van der Waals surface area contributed by atoms with Gasteiger partial charge in [-0.15, -0.1) is 0 Å². The van der Waals surface area contributed by atoms with E-state index in [1.807, 2.05) is 11.8 Å². The Labute approximate surface area is 107 Å². The van der Waals surface area contributed by atoms with Crippen molar-refractivity contribution in [1.29, 1.82) is 0 Å². The molecule has 2 heteroatoms. The fourth-order valence-electron chi connectivity index (χ4n) is 1.83. The zero-order valence-electron chi connectivity index (χ0n) is 11.4. The van der Waals surface area contributed by atoms with Crippen LogP contribution < -0.4 is 5.32 Å². The first kappa shape index (κ1) is 16.3. The van der Waals surface area contributed by atoms with E-state index in [1.165, 1.54) is 76.6 Å². The Morgan fingerprint density at radius 3 is 1.88 bits per heavy atom. The average Bonchev–Trinajstić information content (AvgIpc) is 2.31. The van der Waals surface area contributed by atoms with Crippen LogP contribution in [-0.2, 0) is 0 Å². The van der Waals surface area contributed by atoms with Crippen LogP contribution in [0.5, 0.6) is 0 Å². The summed E-state index contributed by atoms with van der Waals surface area (Å²) in [7, 11) is 0. The van der Waals surface area contributed by atoms with Crippen molar-refractivity contribution in [2.24, 2.45) is 0 Å². The molecular weight excluding hydrogens is 214 g/mol. The predicted octanol–water partition coefficient (Wildman–Crippen LogP) is 4.47. The van der Waals surface area contributed by atoms with Gasteiger partial charge in [-0.05, 0) is 44.4 Å². The van der Waals surface area contributed by atoms with Crippen molar-refractivity contribution in [1.82, 2.24) is 5.32 Å². The van der Waals surface area contributed by atoms with Gasteiger partial charge in [-0.25, -0.2) is 0 Å². The molecule has 1 nitrogen and oxygen atoms in total. The Kier molecular flexibility index (Phi) is 15.6. The summed E-state index contributed by atoms with van der Waals surface area (Å²) in [4.78, 5) is 0. The summed E-state index contributed by atoms with van der Waals surface area (Å²) in [6, 6.07) is 0. The molecule has 0 aliphatic carbocycles. The lowest BCUT2D eigenvalue weighted by atomic mass is 10.1. The van der Waals surface area contributed by atoms with Crippen LogP contribution in [0.15, 0.2) is 0 Å². The summed E-state index contributed by atoms with van der Waals surface area (Å²) in [5, 5.41) is 3.55. The molecule has 1 N–H and O–H groups in total. The molecule has 0 amide bonds. The van der Waals surface area contributed by atoms with E-state index in [4.69, 9.17) is 0 Å². The van der Waals surface area contributed by atoms with Crippen molar-refractivity contribution in [3.8, 4) is 0 Å². The van der Waals surface area contributed by atoms with Crippen molar-refractivity contribution < 1.29 is 0 Å². The third-order valence-electron chi connectivity index (χ3n) is 2.91. The second-order valence-corrected chi connectivity index (χ2v) is 5.56. The molecule has 0 aromatic heterocycles. The lowest BCUT2D eigenvalue weighted by Gasteiger charge is -2.04. The second-order valence-electron chi connectivity index (χ2n) is 4.57. The van der Waals surface area contributed by atoms with Gasteiger partial charge >= 0.3 is 0 Å². The van der Waals surface area contributed by atoms with Gasteiger partial charge < -0.3 is 5.32 Å². The molecule has 0 aliphatic heterocycles. The topological polar surface area (TPSA) is 12.0 Å². The van der Waals surface area contributed by atoms with Crippen LogP contribution >= 0.6 is 11.8 Å². The zero-order valence-corrected chi connectivity index (χ0v) is 12.2. The third-order valence-corrected chi connectivity index (χ3v) is 3.61. The number of unbranched alkanes of at least 4 members (excludes halogenated alkanes) is 7. The van der Waals surface area contributed by atoms with Crippen LogP contribution in [0, 0.1) is 0 Å². The Morgan fingerprint density at radius 1 is 0.750 bits per heavy atom. The van der Waals surface area contributed by atoms with Crippen LogP contribution in [-0.4, -0.2) is 25.1 Å². The van der Waals surface area contributed by atoms with Gasteiger partial charge in [0.15, 0.2) is 0 Å². The van der Waals surface area contributed by atoms with Crippen LogP contribution in [0.4, 0.5) is 0 Å². The molecule has 0 saturated carbocycles. The molecule has 0 atom stereocenters. The van der Waals surface area contributed by atoms with Crippen molar-refractivity contribution in [3.05, 3.63) is 0 Å². The average molecular weight is 245 g/mol. The van der Waals surface area contributed by atoms with Gasteiger partial charge in [-0.3, -0.25) is 0 Å². The molecule has 16 heavy (non-hydrogen) atoms. The molecule has 0 aromatic rings. The molecular formula is C14H31NS. The highest BCUT2D eigenvalue weighted by atomic mass is 32.2. The normalized spacial score (nSPS) is 10.9. The molecule has 0 radical (unpaired) electrons. The van der Waals surface area contributed by atoms with Crippen LogP contribution in [0.25, 0.3) is 0 Å². The highest BCUT2D eigenvalue weighted by molar-refractivity contribution is 7.98. The fourth-order valence-corrected chi connectivity index (χ4v) is 2.32. The van der Waals surface area contributed by atoms with E-state index in [0.717, 1.165) is 0 Å². The first-order valence-corrected chi connectivity index (χ1v) is 8.50. The minimum absolute atomic E-state index is 1.23. The van der Waals surface area contributed by atoms with E-state index in [-0.39, 0.29) is 0 Å². The molecule has 98 valence electrons. The molecule has 0 bridgehead atoms. The molecule has 0 fully saturated rings. The molecule has 0 rings (SSSR count). The van der Waals surface area contributed by atoms with Gasteiger partial charge in [0.25, 0.3) is 0 Å². The number of nitrogens with one attached hydrogen (secondary N) is 1. The van der Waals surface area contributed by atoms with Crippen molar-refractivity contribution in [3.63, 3.8) is 0 Å². The van der Waals surface area contributed by atoms with Gasteiger partial charge in [0.2, 0.25) is 0 Å². The predicted molar refractivity (Wildman–Crippen MR) is 78.5 cm³/mol. The highest BCUT2D eigenvalue weighted by Crippen LogP contribution is 2.04. The maximum Gasteiger partial charge on any atom is -0.00489 e. The summed E-state index contributed by atoms with van der Waals surface area (Å²) < 4.78 is 0. The number of thioether (sulfide) groups is 1. The van der Waals surface area contributed by atoms with Gasteiger partial charge in [-0.1, -0.05) is 45.4 Å². The molecule has 0 saturated heterocycles. The second kappa shape index (κ2) is 15.3. The smallest absolute Gasteiger partial charge is 0.00489 e. The Hall–Kier alpha value is 0.310.